The third kappa shape index (κ3) is 3.67. The van der Waals surface area contributed by atoms with E-state index >= 15 is 0 Å². The molecule has 0 atom stereocenters. The molecule has 1 N–H and O–H groups in total. The molecular weight excluding hydrogens is 422 g/mol. The molecule has 0 radical (unpaired) electrons. The lowest BCUT2D eigenvalue weighted by Gasteiger charge is -2.05. The molecule has 0 spiro atoms. The zero-order valence-electron chi connectivity index (χ0n) is 17.9. The van der Waals surface area contributed by atoms with Gasteiger partial charge in [-0.15, -0.1) is 11.3 Å². The van der Waals surface area contributed by atoms with Crippen LogP contribution in [0.1, 0.15) is 11.4 Å². The molecule has 1 aromatic carbocycles. The number of carbonyl (C=O) groups excluding carboxylic acids is 1. The maximum absolute atomic E-state index is 12.8. The van der Waals surface area contributed by atoms with Crippen LogP contribution in [0.15, 0.2) is 54.2 Å². The molecule has 0 unspecified atom stereocenters. The van der Waals surface area contributed by atoms with Crippen LogP contribution in [0.5, 0.6) is 0 Å². The van der Waals surface area contributed by atoms with Crippen molar-refractivity contribution in [2.45, 2.75) is 20.4 Å². The second kappa shape index (κ2) is 8.01. The van der Waals surface area contributed by atoms with E-state index in [4.69, 9.17) is 0 Å². The molecule has 0 aliphatic rings. The number of benzene rings is 1. The molecule has 0 saturated carbocycles. The second-order valence-corrected chi connectivity index (χ2v) is 8.41. The first kappa shape index (κ1) is 20.1. The minimum atomic E-state index is -0.204. The van der Waals surface area contributed by atoms with Crippen LogP contribution in [0.25, 0.3) is 33.4 Å². The van der Waals surface area contributed by atoms with Gasteiger partial charge in [-0.2, -0.15) is 10.2 Å². The minimum absolute atomic E-state index is 0.0520. The molecule has 4 aromatic heterocycles. The number of fused-ring (bicyclic) bond motifs is 1. The fraction of sp³-hybridized carbons (Fsp3) is 0.174. The maximum atomic E-state index is 12.8. The van der Waals surface area contributed by atoms with Gasteiger partial charge in [0.05, 0.1) is 17.1 Å². The van der Waals surface area contributed by atoms with Gasteiger partial charge in [0.15, 0.2) is 10.8 Å². The molecule has 0 aliphatic heterocycles. The molecule has 4 heterocycles. The van der Waals surface area contributed by atoms with Crippen molar-refractivity contribution < 1.29 is 4.79 Å². The predicted molar refractivity (Wildman–Crippen MR) is 125 cm³/mol. The number of thiazole rings is 1. The average molecular weight is 444 g/mol. The van der Waals surface area contributed by atoms with E-state index in [0.717, 1.165) is 39.2 Å². The zero-order valence-corrected chi connectivity index (χ0v) is 18.7. The van der Waals surface area contributed by atoms with Gasteiger partial charge >= 0.3 is 0 Å². The Balaban J connectivity index is 1.39. The first-order chi connectivity index (χ1) is 15.5. The highest BCUT2D eigenvalue weighted by atomic mass is 32.1. The number of hydrogen-bond donors (Lipinski definition) is 1. The Bertz CT molecular complexity index is 1430. The van der Waals surface area contributed by atoms with Crippen LogP contribution in [-0.2, 0) is 18.4 Å². The summed E-state index contributed by atoms with van der Waals surface area (Å²) in [7, 11) is 1.87. The number of anilines is 1. The van der Waals surface area contributed by atoms with E-state index in [0.29, 0.717) is 10.8 Å². The lowest BCUT2D eigenvalue weighted by atomic mass is 10.0. The Morgan fingerprint density at radius 1 is 1.06 bits per heavy atom. The molecule has 0 fully saturated rings. The summed E-state index contributed by atoms with van der Waals surface area (Å²) in [5.74, 6) is -0.204. The summed E-state index contributed by atoms with van der Waals surface area (Å²) < 4.78 is 3.40. The molecule has 1 amide bonds. The van der Waals surface area contributed by atoms with Crippen LogP contribution in [0, 0.1) is 13.8 Å². The molecule has 5 rings (SSSR count). The number of rotatable bonds is 5. The number of hydrogen-bond acceptors (Lipinski definition) is 6. The van der Waals surface area contributed by atoms with E-state index in [1.165, 1.54) is 11.3 Å². The fourth-order valence-electron chi connectivity index (χ4n) is 3.85. The van der Waals surface area contributed by atoms with Crippen molar-refractivity contribution in [3.63, 3.8) is 0 Å². The minimum Gasteiger partial charge on any atom is -0.300 e. The molecular formula is C23H21N7OS. The lowest BCUT2D eigenvalue weighted by Crippen LogP contribution is -2.19. The van der Waals surface area contributed by atoms with Gasteiger partial charge in [0.25, 0.3) is 0 Å². The molecule has 8 nitrogen and oxygen atoms in total. The van der Waals surface area contributed by atoms with Gasteiger partial charge in [-0.3, -0.25) is 9.48 Å². The van der Waals surface area contributed by atoms with E-state index < -0.39 is 0 Å². The monoisotopic (exact) mass is 443 g/mol. The second-order valence-electron chi connectivity index (χ2n) is 7.55. The number of aryl methyl sites for hydroxylation is 3. The number of carbonyl (C=O) groups is 1. The first-order valence-electron chi connectivity index (χ1n) is 10.1. The number of aromatic nitrogens is 6. The van der Waals surface area contributed by atoms with Gasteiger partial charge in [-0.05, 0) is 31.0 Å². The Labute approximate surface area is 188 Å². The topological polar surface area (TPSA) is 90.5 Å². The highest BCUT2D eigenvalue weighted by Crippen LogP contribution is 2.30. The van der Waals surface area contributed by atoms with E-state index in [1.807, 2.05) is 56.7 Å². The van der Waals surface area contributed by atoms with E-state index in [2.05, 4.69) is 37.6 Å². The van der Waals surface area contributed by atoms with Crippen LogP contribution in [0.2, 0.25) is 0 Å². The Kier molecular flexibility index (Phi) is 5.02. The summed E-state index contributed by atoms with van der Waals surface area (Å²) in [6.45, 7) is 3.93. The number of amides is 1. The Morgan fingerprint density at radius 3 is 2.62 bits per heavy atom. The fourth-order valence-corrected chi connectivity index (χ4v) is 4.58. The van der Waals surface area contributed by atoms with Crippen LogP contribution < -0.4 is 5.32 Å². The van der Waals surface area contributed by atoms with Crippen LogP contribution >= 0.6 is 11.3 Å². The van der Waals surface area contributed by atoms with Crippen molar-refractivity contribution in [2.75, 3.05) is 5.32 Å². The number of pyridine rings is 1. The Hall–Kier alpha value is -3.85. The van der Waals surface area contributed by atoms with Crippen LogP contribution in [0.4, 0.5) is 5.13 Å². The maximum Gasteiger partial charge on any atom is 0.247 e. The standard InChI is InChI=1S/C23H21N7OS/c1-14-18(11-29(3)27-14)19-13-32-23(25-19)26-20(31)12-30-22-21(15(2)28-30)17(9-10-24-22)16-7-5-4-6-8-16/h4-11,13H,12H2,1-3H3,(H,25,26,31). The average Bonchev–Trinajstić information content (AvgIpc) is 3.46. The third-order valence-corrected chi connectivity index (χ3v) is 5.98. The van der Waals surface area contributed by atoms with Crippen molar-refractivity contribution in [1.82, 2.24) is 29.5 Å². The molecule has 32 heavy (non-hydrogen) atoms. The number of nitrogens with zero attached hydrogens (tertiary/aromatic N) is 6. The summed E-state index contributed by atoms with van der Waals surface area (Å²) in [4.78, 5) is 21.8. The molecule has 9 heteroatoms. The predicted octanol–water partition coefficient (Wildman–Crippen LogP) is 4.21. The molecule has 0 aliphatic carbocycles. The zero-order chi connectivity index (χ0) is 22.2. The first-order valence-corrected chi connectivity index (χ1v) is 11.0. The highest BCUT2D eigenvalue weighted by Gasteiger charge is 2.17. The van der Waals surface area contributed by atoms with Crippen LogP contribution in [-0.4, -0.2) is 35.4 Å². The quantitative estimate of drug-likeness (QED) is 0.439. The van der Waals surface area contributed by atoms with E-state index in [-0.39, 0.29) is 12.5 Å². The van der Waals surface area contributed by atoms with E-state index in [1.54, 1.807) is 15.6 Å². The third-order valence-electron chi connectivity index (χ3n) is 5.23. The van der Waals surface area contributed by atoms with Crippen molar-refractivity contribution in [3.05, 3.63) is 65.6 Å². The smallest absolute Gasteiger partial charge is 0.247 e. The van der Waals surface area contributed by atoms with Gasteiger partial charge in [-0.1, -0.05) is 30.3 Å². The normalized spacial score (nSPS) is 11.2. The van der Waals surface area contributed by atoms with Gasteiger partial charge in [0.1, 0.15) is 6.54 Å². The van der Waals surface area contributed by atoms with Crippen molar-refractivity contribution in [2.24, 2.45) is 7.05 Å². The van der Waals surface area contributed by atoms with E-state index in [9.17, 15) is 4.79 Å². The summed E-state index contributed by atoms with van der Waals surface area (Å²) in [6.07, 6.45) is 3.67. The number of nitrogens with one attached hydrogen (secondary N) is 1. The molecule has 5 aromatic rings. The van der Waals surface area contributed by atoms with Crippen LogP contribution in [0.3, 0.4) is 0 Å². The SMILES string of the molecule is Cc1nn(C)cc1-c1csc(NC(=O)Cn2nc(C)c3c(-c4ccccc4)ccnc32)n1. The van der Waals surface area contributed by atoms with Gasteiger partial charge < -0.3 is 5.32 Å². The van der Waals surface area contributed by atoms with Gasteiger partial charge in [0.2, 0.25) is 5.91 Å². The summed E-state index contributed by atoms with van der Waals surface area (Å²) in [6, 6.07) is 12.1. The van der Waals surface area contributed by atoms with Gasteiger partial charge in [0, 0.05) is 35.8 Å². The molecule has 160 valence electrons. The molecule has 0 bridgehead atoms. The Morgan fingerprint density at radius 2 is 1.88 bits per heavy atom. The largest absolute Gasteiger partial charge is 0.300 e. The highest BCUT2D eigenvalue weighted by molar-refractivity contribution is 7.14. The van der Waals surface area contributed by atoms with Gasteiger partial charge in [-0.25, -0.2) is 14.6 Å². The van der Waals surface area contributed by atoms with Crippen molar-refractivity contribution in [1.29, 1.82) is 0 Å². The lowest BCUT2D eigenvalue weighted by molar-refractivity contribution is -0.116. The molecule has 0 saturated heterocycles. The van der Waals surface area contributed by atoms with Crippen molar-refractivity contribution in [3.8, 4) is 22.4 Å². The van der Waals surface area contributed by atoms with Crippen molar-refractivity contribution >= 4 is 33.4 Å². The summed E-state index contributed by atoms with van der Waals surface area (Å²) in [5.41, 5.74) is 6.31. The summed E-state index contributed by atoms with van der Waals surface area (Å²) >= 11 is 1.38. The summed E-state index contributed by atoms with van der Waals surface area (Å²) in [5, 5.41) is 15.2.